The summed E-state index contributed by atoms with van der Waals surface area (Å²) in [6, 6.07) is 8.05. The summed E-state index contributed by atoms with van der Waals surface area (Å²) >= 11 is 0. The third-order valence-electron chi connectivity index (χ3n) is 3.74. The molecule has 0 bridgehead atoms. The highest BCUT2D eigenvalue weighted by molar-refractivity contribution is 5.86. The van der Waals surface area contributed by atoms with Crippen LogP contribution < -0.4 is 20.7 Å². The number of carbonyl (C=O) groups excluding carboxylic acids is 1. The van der Waals surface area contributed by atoms with Crippen LogP contribution in [-0.4, -0.2) is 63.6 Å². The van der Waals surface area contributed by atoms with Crippen LogP contribution >= 0.6 is 0 Å². The Hall–Kier alpha value is -2.28. The van der Waals surface area contributed by atoms with E-state index in [1.54, 1.807) is 14.2 Å². The molecule has 26 heavy (non-hydrogen) atoms. The van der Waals surface area contributed by atoms with Crippen molar-refractivity contribution >= 4 is 11.9 Å². The van der Waals surface area contributed by atoms with Gasteiger partial charge >= 0.3 is 0 Å². The number of methoxy groups -OCH3 is 1. The fraction of sp³-hybridized carbons (Fsp3) is 0.579. The van der Waals surface area contributed by atoms with Crippen LogP contribution in [0.2, 0.25) is 0 Å². The van der Waals surface area contributed by atoms with Crippen molar-refractivity contribution in [2.45, 2.75) is 32.4 Å². The molecule has 1 amide bonds. The van der Waals surface area contributed by atoms with E-state index < -0.39 is 0 Å². The topological polar surface area (TPSA) is 78.0 Å². The maximum Gasteiger partial charge on any atom is 0.239 e. The molecule has 146 valence electrons. The zero-order valence-corrected chi connectivity index (χ0v) is 17.0. The number of ether oxygens (including phenoxy) is 1. The second-order valence-corrected chi connectivity index (χ2v) is 7.33. The van der Waals surface area contributed by atoms with Gasteiger partial charge in [-0.3, -0.25) is 9.79 Å². The number of amides is 1. The molecule has 0 aromatic heterocycles. The molecule has 1 aromatic carbocycles. The van der Waals surface area contributed by atoms with Crippen molar-refractivity contribution < 1.29 is 9.53 Å². The molecule has 0 saturated heterocycles. The van der Waals surface area contributed by atoms with E-state index in [0.29, 0.717) is 12.5 Å². The highest BCUT2D eigenvalue weighted by Crippen LogP contribution is 2.27. The number of carbonyl (C=O) groups is 1. The van der Waals surface area contributed by atoms with Crippen molar-refractivity contribution in [2.75, 3.05) is 41.3 Å². The lowest BCUT2D eigenvalue weighted by atomic mass is 10.0. The lowest BCUT2D eigenvalue weighted by molar-refractivity contribution is -0.121. The zero-order chi connectivity index (χ0) is 19.7. The quantitative estimate of drug-likeness (QED) is 0.504. The van der Waals surface area contributed by atoms with Crippen molar-refractivity contribution in [1.82, 2.24) is 20.9 Å². The van der Waals surface area contributed by atoms with Crippen LogP contribution in [0.4, 0.5) is 0 Å². The Kier molecular flexibility index (Phi) is 8.38. The third-order valence-corrected chi connectivity index (χ3v) is 3.74. The minimum Gasteiger partial charge on any atom is -0.496 e. The summed E-state index contributed by atoms with van der Waals surface area (Å²) < 4.78 is 5.48. The Morgan fingerprint density at radius 1 is 1.23 bits per heavy atom. The van der Waals surface area contributed by atoms with Gasteiger partial charge in [0, 0.05) is 24.7 Å². The number of para-hydroxylation sites is 1. The summed E-state index contributed by atoms with van der Waals surface area (Å²) in [6.45, 7) is 6.64. The molecule has 7 heteroatoms. The monoisotopic (exact) mass is 363 g/mol. The van der Waals surface area contributed by atoms with E-state index in [0.717, 1.165) is 11.3 Å². The molecule has 0 spiro atoms. The van der Waals surface area contributed by atoms with Gasteiger partial charge in [0.2, 0.25) is 5.91 Å². The van der Waals surface area contributed by atoms with Gasteiger partial charge in [0.05, 0.1) is 19.7 Å². The molecule has 7 nitrogen and oxygen atoms in total. The Labute approximate surface area is 157 Å². The van der Waals surface area contributed by atoms with Gasteiger partial charge < -0.3 is 25.6 Å². The molecule has 3 N–H and O–H groups in total. The van der Waals surface area contributed by atoms with E-state index in [1.807, 2.05) is 53.1 Å². The number of hydrogen-bond donors (Lipinski definition) is 3. The standard InChI is InChI=1S/C19H33N5O2/c1-19(2,3)23-17(25)13-22-18(20-4)21-12-15(24(5)6)14-10-8-9-11-16(14)26-7/h8-11,15H,12-13H2,1-7H3,(H,23,25)(H2,20,21,22). The molecule has 0 radical (unpaired) electrons. The molecule has 1 aromatic rings. The number of benzene rings is 1. The average molecular weight is 364 g/mol. The van der Waals surface area contributed by atoms with Crippen molar-refractivity contribution in [3.05, 3.63) is 29.8 Å². The van der Waals surface area contributed by atoms with Crippen molar-refractivity contribution in [1.29, 1.82) is 0 Å². The van der Waals surface area contributed by atoms with E-state index >= 15 is 0 Å². The van der Waals surface area contributed by atoms with E-state index in [2.05, 4.69) is 31.9 Å². The normalized spacial score (nSPS) is 13.3. The van der Waals surface area contributed by atoms with Gasteiger partial charge in [-0.25, -0.2) is 0 Å². The summed E-state index contributed by atoms with van der Waals surface area (Å²) in [5, 5.41) is 9.24. The maximum absolute atomic E-state index is 11.9. The first kappa shape index (κ1) is 21.8. The van der Waals surface area contributed by atoms with Crippen LogP contribution in [0.3, 0.4) is 0 Å². The summed E-state index contributed by atoms with van der Waals surface area (Å²) in [7, 11) is 7.40. The van der Waals surface area contributed by atoms with Crippen LogP contribution in [0.25, 0.3) is 0 Å². The molecule has 0 aliphatic carbocycles. The summed E-state index contributed by atoms with van der Waals surface area (Å²) in [6.07, 6.45) is 0. The van der Waals surface area contributed by atoms with Crippen molar-refractivity contribution in [2.24, 2.45) is 4.99 Å². The Morgan fingerprint density at radius 3 is 2.42 bits per heavy atom. The SMILES string of the molecule is CN=C(NCC(=O)NC(C)(C)C)NCC(c1ccccc1OC)N(C)C. The van der Waals surface area contributed by atoms with Crippen LogP contribution in [0.1, 0.15) is 32.4 Å². The molecule has 0 aliphatic heterocycles. The molecular weight excluding hydrogens is 330 g/mol. The summed E-state index contributed by atoms with van der Waals surface area (Å²) in [5.74, 6) is 1.35. The van der Waals surface area contributed by atoms with Crippen molar-refractivity contribution in [3.8, 4) is 5.75 Å². The largest absolute Gasteiger partial charge is 0.496 e. The van der Waals surface area contributed by atoms with Gasteiger partial charge in [-0.2, -0.15) is 0 Å². The molecule has 0 fully saturated rings. The Morgan fingerprint density at radius 2 is 1.88 bits per heavy atom. The first-order chi connectivity index (χ1) is 12.2. The van der Waals surface area contributed by atoms with Crippen LogP contribution in [0, 0.1) is 0 Å². The van der Waals surface area contributed by atoms with E-state index in [-0.39, 0.29) is 24.0 Å². The molecule has 1 atom stereocenters. The highest BCUT2D eigenvalue weighted by Gasteiger charge is 2.19. The van der Waals surface area contributed by atoms with Crippen molar-refractivity contribution in [3.63, 3.8) is 0 Å². The first-order valence-electron chi connectivity index (χ1n) is 8.72. The second kappa shape index (κ2) is 10.0. The molecule has 0 saturated carbocycles. The minimum atomic E-state index is -0.254. The predicted octanol–water partition coefficient (Wildman–Crippen LogP) is 1.38. The summed E-state index contributed by atoms with van der Waals surface area (Å²) in [4.78, 5) is 18.3. The Bertz CT molecular complexity index is 608. The fourth-order valence-corrected chi connectivity index (χ4v) is 2.55. The van der Waals surface area contributed by atoms with Gasteiger partial charge in [-0.1, -0.05) is 18.2 Å². The molecular formula is C19H33N5O2. The van der Waals surface area contributed by atoms with Gasteiger partial charge in [0.15, 0.2) is 5.96 Å². The molecule has 0 aliphatic rings. The van der Waals surface area contributed by atoms with Crippen LogP contribution in [0.5, 0.6) is 5.75 Å². The number of guanidine groups is 1. The minimum absolute atomic E-state index is 0.0747. The van der Waals surface area contributed by atoms with Gasteiger partial charge in [0.25, 0.3) is 0 Å². The van der Waals surface area contributed by atoms with Gasteiger partial charge in [-0.05, 0) is 40.9 Å². The van der Waals surface area contributed by atoms with Crippen LogP contribution in [-0.2, 0) is 4.79 Å². The van der Waals surface area contributed by atoms with Gasteiger partial charge in [-0.15, -0.1) is 0 Å². The second-order valence-electron chi connectivity index (χ2n) is 7.33. The third kappa shape index (κ3) is 7.31. The molecule has 1 rings (SSSR count). The lowest BCUT2D eigenvalue weighted by Gasteiger charge is -2.27. The average Bonchev–Trinajstić information content (AvgIpc) is 2.56. The van der Waals surface area contributed by atoms with Crippen LogP contribution in [0.15, 0.2) is 29.3 Å². The van der Waals surface area contributed by atoms with E-state index in [1.165, 1.54) is 0 Å². The lowest BCUT2D eigenvalue weighted by Crippen LogP contribution is -2.49. The fourth-order valence-electron chi connectivity index (χ4n) is 2.55. The predicted molar refractivity (Wildman–Crippen MR) is 107 cm³/mol. The number of hydrogen-bond acceptors (Lipinski definition) is 4. The smallest absolute Gasteiger partial charge is 0.239 e. The first-order valence-corrected chi connectivity index (χ1v) is 8.72. The number of nitrogens with zero attached hydrogens (tertiary/aromatic N) is 2. The number of aliphatic imine (C=N–C) groups is 1. The maximum atomic E-state index is 11.9. The Balaban J connectivity index is 2.68. The van der Waals surface area contributed by atoms with E-state index in [9.17, 15) is 4.79 Å². The van der Waals surface area contributed by atoms with E-state index in [4.69, 9.17) is 4.74 Å². The molecule has 0 heterocycles. The number of likely N-dealkylation sites (N-methyl/N-ethyl adjacent to an activating group) is 1. The number of nitrogens with one attached hydrogen (secondary N) is 3. The highest BCUT2D eigenvalue weighted by atomic mass is 16.5. The molecule has 1 unspecified atom stereocenters. The number of rotatable bonds is 7. The van der Waals surface area contributed by atoms with Gasteiger partial charge in [0.1, 0.15) is 5.75 Å². The zero-order valence-electron chi connectivity index (χ0n) is 17.0. The summed E-state index contributed by atoms with van der Waals surface area (Å²) in [5.41, 5.74) is 0.837.